The minimum absolute atomic E-state index is 0.143. The summed E-state index contributed by atoms with van der Waals surface area (Å²) in [5, 5.41) is 19.8. The lowest BCUT2D eigenvalue weighted by molar-refractivity contribution is -0.139. The van der Waals surface area contributed by atoms with Crippen LogP contribution in [0.5, 0.6) is 5.75 Å². The third-order valence-electron chi connectivity index (χ3n) is 4.86. The first-order valence-corrected chi connectivity index (χ1v) is 8.70. The van der Waals surface area contributed by atoms with Crippen molar-refractivity contribution in [3.05, 3.63) is 64.9 Å². The number of carbonyl (C=O) groups excluding carboxylic acids is 1. The lowest BCUT2D eigenvalue weighted by Crippen LogP contribution is -2.19. The van der Waals surface area contributed by atoms with E-state index in [1.54, 1.807) is 20.8 Å². The van der Waals surface area contributed by atoms with Gasteiger partial charge in [-0.1, -0.05) is 13.8 Å². The fourth-order valence-corrected chi connectivity index (χ4v) is 3.57. The number of benzene rings is 2. The Labute approximate surface area is 159 Å². The Hall–Kier alpha value is -3.22. The summed E-state index contributed by atoms with van der Waals surface area (Å²) in [6, 6.07) is 7.01. The highest BCUT2D eigenvalue weighted by molar-refractivity contribution is 6.05. The van der Waals surface area contributed by atoms with Crippen LogP contribution in [-0.4, -0.2) is 26.7 Å². The van der Waals surface area contributed by atoms with Crippen molar-refractivity contribution >= 4 is 22.8 Å². The SMILES string of the molecule is Cc1c(C(C(=O)O)C(C)C)c2cc(O)c(F)cc2n1C(=O)c1ccc(F)cc1. The van der Waals surface area contributed by atoms with Crippen LogP contribution in [0.1, 0.15) is 41.4 Å². The molecule has 0 aliphatic carbocycles. The lowest BCUT2D eigenvalue weighted by atomic mass is 9.86. The van der Waals surface area contributed by atoms with Gasteiger partial charge in [-0.25, -0.2) is 8.78 Å². The molecule has 5 nitrogen and oxygen atoms in total. The summed E-state index contributed by atoms with van der Waals surface area (Å²) < 4.78 is 28.5. The number of phenolic OH excluding ortho intramolecular Hbond substituents is 1. The van der Waals surface area contributed by atoms with Crippen LogP contribution in [-0.2, 0) is 4.79 Å². The predicted molar refractivity (Wildman–Crippen MR) is 99.6 cm³/mol. The highest BCUT2D eigenvalue weighted by Gasteiger charge is 2.32. The van der Waals surface area contributed by atoms with E-state index in [9.17, 15) is 28.6 Å². The van der Waals surface area contributed by atoms with Crippen molar-refractivity contribution in [1.29, 1.82) is 0 Å². The molecule has 2 N–H and O–H groups in total. The van der Waals surface area contributed by atoms with Crippen molar-refractivity contribution < 1.29 is 28.6 Å². The standard InChI is InChI=1S/C21H19F2NO4/c1-10(2)18(21(27)28)19-11(3)24(16-9-15(23)17(25)8-14(16)19)20(26)12-4-6-13(22)7-5-12/h4-10,18,25H,1-3H3,(H,27,28). The number of nitrogens with zero attached hydrogens (tertiary/aromatic N) is 1. The zero-order valence-corrected chi connectivity index (χ0v) is 15.5. The first-order valence-electron chi connectivity index (χ1n) is 8.70. The van der Waals surface area contributed by atoms with E-state index in [-0.39, 0.29) is 22.4 Å². The van der Waals surface area contributed by atoms with Crippen LogP contribution in [0.25, 0.3) is 10.9 Å². The number of aliphatic carboxylic acids is 1. The first kappa shape index (κ1) is 19.5. The van der Waals surface area contributed by atoms with E-state index in [1.807, 2.05) is 0 Å². The van der Waals surface area contributed by atoms with Crippen molar-refractivity contribution in [3.63, 3.8) is 0 Å². The molecule has 0 radical (unpaired) electrons. The molecule has 1 heterocycles. The molecular weight excluding hydrogens is 368 g/mol. The Morgan fingerprint density at radius 2 is 1.68 bits per heavy atom. The highest BCUT2D eigenvalue weighted by Crippen LogP contribution is 2.38. The number of aromatic hydroxyl groups is 1. The average Bonchev–Trinajstić information content (AvgIpc) is 2.87. The maximum absolute atomic E-state index is 14.1. The number of fused-ring (bicyclic) bond motifs is 1. The van der Waals surface area contributed by atoms with Gasteiger partial charge in [-0.05, 0) is 48.7 Å². The van der Waals surface area contributed by atoms with Gasteiger partial charge in [0.1, 0.15) is 5.82 Å². The van der Waals surface area contributed by atoms with Gasteiger partial charge in [0.2, 0.25) is 0 Å². The van der Waals surface area contributed by atoms with Crippen LogP contribution in [0.4, 0.5) is 8.78 Å². The Balaban J connectivity index is 2.36. The monoisotopic (exact) mass is 387 g/mol. The molecule has 146 valence electrons. The van der Waals surface area contributed by atoms with E-state index in [0.717, 1.165) is 24.3 Å². The lowest BCUT2D eigenvalue weighted by Gasteiger charge is -2.17. The van der Waals surface area contributed by atoms with E-state index in [4.69, 9.17) is 0 Å². The van der Waals surface area contributed by atoms with Crippen LogP contribution < -0.4 is 0 Å². The van der Waals surface area contributed by atoms with Gasteiger partial charge in [-0.2, -0.15) is 0 Å². The maximum Gasteiger partial charge on any atom is 0.311 e. The maximum atomic E-state index is 14.1. The summed E-state index contributed by atoms with van der Waals surface area (Å²) in [4.78, 5) is 25.0. The van der Waals surface area contributed by atoms with Crippen molar-refractivity contribution in [2.45, 2.75) is 26.7 Å². The van der Waals surface area contributed by atoms with Crippen molar-refractivity contribution in [1.82, 2.24) is 4.57 Å². The van der Waals surface area contributed by atoms with E-state index in [0.29, 0.717) is 11.3 Å². The van der Waals surface area contributed by atoms with Crippen LogP contribution in [0.15, 0.2) is 36.4 Å². The van der Waals surface area contributed by atoms with Gasteiger partial charge in [-0.15, -0.1) is 0 Å². The minimum atomic E-state index is -1.09. The molecule has 0 saturated heterocycles. The second-order valence-corrected chi connectivity index (χ2v) is 7.03. The van der Waals surface area contributed by atoms with Gasteiger partial charge >= 0.3 is 5.97 Å². The quantitative estimate of drug-likeness (QED) is 0.693. The molecule has 1 unspecified atom stereocenters. The molecule has 7 heteroatoms. The molecule has 0 aliphatic heterocycles. The second kappa shape index (κ2) is 7.07. The van der Waals surface area contributed by atoms with E-state index in [2.05, 4.69) is 0 Å². The minimum Gasteiger partial charge on any atom is -0.505 e. The first-order chi connectivity index (χ1) is 13.1. The van der Waals surface area contributed by atoms with Gasteiger partial charge in [0, 0.05) is 22.7 Å². The number of halogens is 2. The van der Waals surface area contributed by atoms with Crippen LogP contribution in [0.3, 0.4) is 0 Å². The topological polar surface area (TPSA) is 79.5 Å². The smallest absolute Gasteiger partial charge is 0.311 e. The van der Waals surface area contributed by atoms with Gasteiger partial charge in [0.25, 0.3) is 5.91 Å². The van der Waals surface area contributed by atoms with Gasteiger partial charge in [-0.3, -0.25) is 14.2 Å². The summed E-state index contributed by atoms with van der Waals surface area (Å²) in [5.41, 5.74) is 0.973. The molecule has 28 heavy (non-hydrogen) atoms. The predicted octanol–water partition coefficient (Wildman–Crippen LogP) is 4.45. The Bertz CT molecular complexity index is 1080. The molecule has 0 spiro atoms. The normalized spacial score (nSPS) is 12.5. The van der Waals surface area contributed by atoms with Crippen molar-refractivity contribution in [2.75, 3.05) is 0 Å². The van der Waals surface area contributed by atoms with Gasteiger partial charge < -0.3 is 10.2 Å². The molecule has 0 aliphatic rings. The third-order valence-corrected chi connectivity index (χ3v) is 4.86. The molecule has 1 atom stereocenters. The fraction of sp³-hybridized carbons (Fsp3) is 0.238. The fourth-order valence-electron chi connectivity index (χ4n) is 3.57. The molecule has 2 aromatic carbocycles. The molecule has 1 aromatic heterocycles. The number of hydrogen-bond acceptors (Lipinski definition) is 3. The highest BCUT2D eigenvalue weighted by atomic mass is 19.1. The van der Waals surface area contributed by atoms with Crippen molar-refractivity contribution in [2.24, 2.45) is 5.92 Å². The molecule has 0 bridgehead atoms. The second-order valence-electron chi connectivity index (χ2n) is 7.03. The Morgan fingerprint density at radius 3 is 2.21 bits per heavy atom. The van der Waals surface area contributed by atoms with E-state index < -0.39 is 35.2 Å². The zero-order chi connectivity index (χ0) is 20.7. The zero-order valence-electron chi connectivity index (χ0n) is 15.5. The Morgan fingerprint density at radius 1 is 1.07 bits per heavy atom. The number of carbonyl (C=O) groups is 2. The van der Waals surface area contributed by atoms with Crippen LogP contribution in [0.2, 0.25) is 0 Å². The molecular formula is C21H19F2NO4. The number of aromatic nitrogens is 1. The molecule has 0 amide bonds. The Kier molecular flexibility index (Phi) is 4.93. The average molecular weight is 387 g/mol. The summed E-state index contributed by atoms with van der Waals surface area (Å²) in [7, 11) is 0. The summed E-state index contributed by atoms with van der Waals surface area (Å²) in [6.45, 7) is 5.03. The number of rotatable bonds is 4. The largest absolute Gasteiger partial charge is 0.505 e. The third kappa shape index (κ3) is 3.13. The number of carboxylic acid groups (broad SMARTS) is 1. The molecule has 3 rings (SSSR count). The van der Waals surface area contributed by atoms with Crippen LogP contribution >= 0.6 is 0 Å². The van der Waals surface area contributed by atoms with Gasteiger partial charge in [0.05, 0.1) is 11.4 Å². The van der Waals surface area contributed by atoms with Gasteiger partial charge in [0.15, 0.2) is 11.6 Å². The summed E-state index contributed by atoms with van der Waals surface area (Å²) in [5.74, 6) is -4.98. The summed E-state index contributed by atoms with van der Waals surface area (Å²) >= 11 is 0. The molecule has 3 aromatic rings. The number of phenols is 1. The molecule has 0 saturated carbocycles. The number of carboxylic acids is 1. The molecule has 0 fully saturated rings. The summed E-state index contributed by atoms with van der Waals surface area (Å²) in [6.07, 6.45) is 0. The number of hydrogen-bond donors (Lipinski definition) is 2. The van der Waals surface area contributed by atoms with E-state index >= 15 is 0 Å². The van der Waals surface area contributed by atoms with Crippen LogP contribution in [0, 0.1) is 24.5 Å². The van der Waals surface area contributed by atoms with Crippen molar-refractivity contribution in [3.8, 4) is 5.75 Å². The van der Waals surface area contributed by atoms with E-state index in [1.165, 1.54) is 16.7 Å².